The SMILES string of the molecule is CCCCOc1ccc2oc(=S)oc2c1. The van der Waals surface area contributed by atoms with Gasteiger partial charge in [0.15, 0.2) is 11.2 Å². The quantitative estimate of drug-likeness (QED) is 0.582. The third-order valence-electron chi connectivity index (χ3n) is 2.07. The summed E-state index contributed by atoms with van der Waals surface area (Å²) in [7, 11) is 0. The maximum atomic E-state index is 5.53. The van der Waals surface area contributed by atoms with Crippen LogP contribution < -0.4 is 4.74 Å². The summed E-state index contributed by atoms with van der Waals surface area (Å²) in [4.78, 5) is 0.149. The summed E-state index contributed by atoms with van der Waals surface area (Å²) in [5.41, 5.74) is 1.29. The Bertz CT molecular complexity index is 498. The zero-order valence-electron chi connectivity index (χ0n) is 8.49. The molecule has 1 heterocycles. The van der Waals surface area contributed by atoms with Crippen molar-refractivity contribution in [3.05, 3.63) is 23.1 Å². The second kappa shape index (κ2) is 4.49. The fraction of sp³-hybridized carbons (Fsp3) is 0.364. The number of unbranched alkanes of at least 4 members (excludes halogenated alkanes) is 1. The summed E-state index contributed by atoms with van der Waals surface area (Å²) in [6, 6.07) is 5.45. The Kier molecular flexibility index (Phi) is 3.06. The van der Waals surface area contributed by atoms with Gasteiger partial charge in [-0.05, 0) is 18.6 Å². The van der Waals surface area contributed by atoms with Crippen molar-refractivity contribution < 1.29 is 13.6 Å². The average molecular weight is 224 g/mol. The van der Waals surface area contributed by atoms with Gasteiger partial charge < -0.3 is 13.6 Å². The number of fused-ring (bicyclic) bond motifs is 1. The van der Waals surface area contributed by atoms with Crippen molar-refractivity contribution in [2.24, 2.45) is 0 Å². The molecule has 0 aliphatic rings. The Labute approximate surface area is 92.6 Å². The maximum Gasteiger partial charge on any atom is 0.363 e. The number of benzene rings is 1. The van der Waals surface area contributed by atoms with Crippen molar-refractivity contribution in [1.82, 2.24) is 0 Å². The van der Waals surface area contributed by atoms with Gasteiger partial charge in [0.05, 0.1) is 6.61 Å². The van der Waals surface area contributed by atoms with E-state index in [1.165, 1.54) is 0 Å². The highest BCUT2D eigenvalue weighted by Gasteiger charge is 2.03. The van der Waals surface area contributed by atoms with Crippen LogP contribution in [-0.2, 0) is 0 Å². The van der Waals surface area contributed by atoms with Crippen molar-refractivity contribution in [3.63, 3.8) is 0 Å². The van der Waals surface area contributed by atoms with Crippen LogP contribution in [0.1, 0.15) is 19.8 Å². The van der Waals surface area contributed by atoms with Crippen LogP contribution in [0.25, 0.3) is 11.2 Å². The van der Waals surface area contributed by atoms with Gasteiger partial charge in [-0.25, -0.2) is 0 Å². The van der Waals surface area contributed by atoms with E-state index in [9.17, 15) is 0 Å². The van der Waals surface area contributed by atoms with Crippen LogP contribution in [0.3, 0.4) is 0 Å². The minimum absolute atomic E-state index is 0.149. The van der Waals surface area contributed by atoms with Crippen molar-refractivity contribution >= 4 is 23.4 Å². The first-order valence-electron chi connectivity index (χ1n) is 4.96. The second-order valence-corrected chi connectivity index (χ2v) is 3.60. The topological polar surface area (TPSA) is 35.5 Å². The van der Waals surface area contributed by atoms with E-state index in [0.29, 0.717) is 11.2 Å². The third kappa shape index (κ3) is 2.39. The van der Waals surface area contributed by atoms with Gasteiger partial charge in [-0.2, -0.15) is 0 Å². The third-order valence-corrected chi connectivity index (χ3v) is 2.24. The molecule has 1 aromatic carbocycles. The Balaban J connectivity index is 2.19. The highest BCUT2D eigenvalue weighted by Crippen LogP contribution is 2.22. The van der Waals surface area contributed by atoms with Gasteiger partial charge in [0.1, 0.15) is 5.75 Å². The summed E-state index contributed by atoms with van der Waals surface area (Å²) in [6.07, 6.45) is 2.17. The Morgan fingerprint density at radius 1 is 1.27 bits per heavy atom. The highest BCUT2D eigenvalue weighted by molar-refractivity contribution is 7.71. The van der Waals surface area contributed by atoms with Gasteiger partial charge in [0, 0.05) is 18.3 Å². The van der Waals surface area contributed by atoms with Crippen molar-refractivity contribution in [1.29, 1.82) is 0 Å². The lowest BCUT2D eigenvalue weighted by Gasteiger charge is -2.03. The molecule has 0 atom stereocenters. The molecule has 0 spiro atoms. The van der Waals surface area contributed by atoms with E-state index in [2.05, 4.69) is 6.92 Å². The van der Waals surface area contributed by atoms with Crippen LogP contribution in [0, 0.1) is 4.90 Å². The molecule has 0 N–H and O–H groups in total. The molecule has 0 saturated heterocycles. The van der Waals surface area contributed by atoms with E-state index in [1.54, 1.807) is 12.1 Å². The minimum atomic E-state index is 0.149. The van der Waals surface area contributed by atoms with Crippen LogP contribution in [0.4, 0.5) is 0 Å². The smallest absolute Gasteiger partial charge is 0.363 e. The molecule has 80 valence electrons. The molecule has 0 fully saturated rings. The average Bonchev–Trinajstić information content (AvgIpc) is 2.57. The molecule has 0 bridgehead atoms. The first-order chi connectivity index (χ1) is 7.29. The van der Waals surface area contributed by atoms with E-state index in [1.807, 2.05) is 6.07 Å². The molecule has 0 saturated carbocycles. The predicted molar refractivity (Wildman–Crippen MR) is 59.7 cm³/mol. The van der Waals surface area contributed by atoms with E-state index >= 15 is 0 Å². The van der Waals surface area contributed by atoms with Crippen LogP contribution in [-0.4, -0.2) is 6.61 Å². The number of hydrogen-bond donors (Lipinski definition) is 0. The molecule has 15 heavy (non-hydrogen) atoms. The maximum absolute atomic E-state index is 5.53. The van der Waals surface area contributed by atoms with Crippen LogP contribution in [0.5, 0.6) is 5.75 Å². The number of hydrogen-bond acceptors (Lipinski definition) is 4. The van der Waals surface area contributed by atoms with E-state index in [4.69, 9.17) is 25.8 Å². The first-order valence-corrected chi connectivity index (χ1v) is 5.37. The molecule has 0 unspecified atom stereocenters. The van der Waals surface area contributed by atoms with Crippen molar-refractivity contribution in [3.8, 4) is 5.75 Å². The fourth-order valence-corrected chi connectivity index (χ4v) is 1.46. The zero-order valence-corrected chi connectivity index (χ0v) is 9.30. The van der Waals surface area contributed by atoms with Crippen LogP contribution in [0.15, 0.2) is 27.0 Å². The summed E-state index contributed by atoms with van der Waals surface area (Å²) in [5, 5.41) is 0. The second-order valence-electron chi connectivity index (χ2n) is 3.26. The lowest BCUT2D eigenvalue weighted by atomic mass is 10.3. The first kappa shape index (κ1) is 10.2. The fourth-order valence-electron chi connectivity index (χ4n) is 1.28. The summed E-state index contributed by atoms with van der Waals surface area (Å²) in [6.45, 7) is 2.85. The van der Waals surface area contributed by atoms with Crippen molar-refractivity contribution in [2.45, 2.75) is 19.8 Å². The Morgan fingerprint density at radius 2 is 2.07 bits per heavy atom. The van der Waals surface area contributed by atoms with E-state index in [-0.39, 0.29) is 4.90 Å². The monoisotopic (exact) mass is 224 g/mol. The minimum Gasteiger partial charge on any atom is -0.493 e. The van der Waals surface area contributed by atoms with E-state index < -0.39 is 0 Å². The number of rotatable bonds is 4. The van der Waals surface area contributed by atoms with E-state index in [0.717, 1.165) is 25.2 Å². The molecule has 3 nitrogen and oxygen atoms in total. The molecular formula is C11H12O3S. The van der Waals surface area contributed by atoms with Gasteiger partial charge in [-0.1, -0.05) is 13.3 Å². The lowest BCUT2D eigenvalue weighted by Crippen LogP contribution is -1.95. The summed E-state index contributed by atoms with van der Waals surface area (Å²) in [5.74, 6) is 0.788. The van der Waals surface area contributed by atoms with Crippen LogP contribution >= 0.6 is 12.2 Å². The van der Waals surface area contributed by atoms with Gasteiger partial charge in [0.2, 0.25) is 0 Å². The molecule has 1 aromatic heterocycles. The van der Waals surface area contributed by atoms with Gasteiger partial charge in [-0.15, -0.1) is 0 Å². The number of ether oxygens (including phenoxy) is 1. The molecule has 2 rings (SSSR count). The zero-order chi connectivity index (χ0) is 10.7. The summed E-state index contributed by atoms with van der Waals surface area (Å²) < 4.78 is 15.9. The van der Waals surface area contributed by atoms with Crippen LogP contribution in [0.2, 0.25) is 0 Å². The van der Waals surface area contributed by atoms with Crippen molar-refractivity contribution in [2.75, 3.05) is 6.61 Å². The largest absolute Gasteiger partial charge is 0.493 e. The molecule has 0 amide bonds. The molecule has 0 aliphatic carbocycles. The normalized spacial score (nSPS) is 10.7. The predicted octanol–water partition coefficient (Wildman–Crippen LogP) is 3.93. The Morgan fingerprint density at radius 3 is 2.87 bits per heavy atom. The Hall–Kier alpha value is -1.29. The van der Waals surface area contributed by atoms with Gasteiger partial charge >= 0.3 is 4.90 Å². The molecule has 2 aromatic rings. The molecule has 0 radical (unpaired) electrons. The standard InChI is InChI=1S/C11H12O3S/c1-2-3-6-12-8-4-5-9-10(7-8)14-11(15)13-9/h4-5,7H,2-3,6H2,1H3. The van der Waals surface area contributed by atoms with Gasteiger partial charge in [0.25, 0.3) is 0 Å². The lowest BCUT2D eigenvalue weighted by molar-refractivity contribution is 0.309. The summed E-state index contributed by atoms with van der Waals surface area (Å²) >= 11 is 4.79. The molecule has 4 heteroatoms. The molecular weight excluding hydrogens is 212 g/mol. The highest BCUT2D eigenvalue weighted by atomic mass is 32.1. The molecule has 0 aliphatic heterocycles. The van der Waals surface area contributed by atoms with Gasteiger partial charge in [-0.3, -0.25) is 0 Å².